The van der Waals surface area contributed by atoms with E-state index >= 15 is 0 Å². The van der Waals surface area contributed by atoms with Crippen LogP contribution in [0.3, 0.4) is 0 Å². The van der Waals surface area contributed by atoms with E-state index in [0.29, 0.717) is 0 Å². The van der Waals surface area contributed by atoms with E-state index in [1.165, 1.54) is 0 Å². The predicted octanol–water partition coefficient (Wildman–Crippen LogP) is 2.28. The fourth-order valence-corrected chi connectivity index (χ4v) is 1.57. The molecule has 15 heavy (non-hydrogen) atoms. The van der Waals surface area contributed by atoms with Gasteiger partial charge in [-0.15, -0.1) is 0 Å². The molecule has 75 valence electrons. The molecule has 0 aliphatic carbocycles. The Morgan fingerprint density at radius 2 is 1.47 bits per heavy atom. The van der Waals surface area contributed by atoms with Gasteiger partial charge in [0, 0.05) is 0 Å². The van der Waals surface area contributed by atoms with Crippen molar-refractivity contribution in [1.82, 2.24) is 0 Å². The van der Waals surface area contributed by atoms with Crippen molar-refractivity contribution in [2.24, 2.45) is 0 Å². The summed E-state index contributed by atoms with van der Waals surface area (Å²) in [5, 5.41) is 12.1. The van der Waals surface area contributed by atoms with Crippen LogP contribution < -0.4 is 5.11 Å². The van der Waals surface area contributed by atoms with Crippen LogP contribution in [0.25, 0.3) is 0 Å². The third-order valence-electron chi connectivity index (χ3n) is 2.43. The minimum absolute atomic E-state index is 0.0914. The number of aryl methyl sites for hydroxylation is 1. The summed E-state index contributed by atoms with van der Waals surface area (Å²) in [5.74, 6) is 0. The molecule has 2 rings (SSSR count). The van der Waals surface area contributed by atoms with Crippen LogP contribution in [-0.4, -0.2) is 0 Å². The Morgan fingerprint density at radius 3 is 2.13 bits per heavy atom. The van der Waals surface area contributed by atoms with Crippen molar-refractivity contribution in [3.63, 3.8) is 0 Å². The highest BCUT2D eigenvalue weighted by Crippen LogP contribution is 2.20. The van der Waals surface area contributed by atoms with E-state index < -0.39 is 0 Å². The first-order valence-corrected chi connectivity index (χ1v) is 4.94. The van der Waals surface area contributed by atoms with Gasteiger partial charge in [-0.1, -0.05) is 71.8 Å². The number of rotatable bonds is 2. The Hall–Kier alpha value is -1.60. The van der Waals surface area contributed by atoms with Crippen LogP contribution in [0.2, 0.25) is 0 Å². The second-order valence-electron chi connectivity index (χ2n) is 3.51. The average Bonchev–Trinajstić information content (AvgIpc) is 2.30. The predicted molar refractivity (Wildman–Crippen MR) is 59.1 cm³/mol. The Balaban J connectivity index is 2.37. The van der Waals surface area contributed by atoms with Crippen molar-refractivity contribution in [2.45, 2.75) is 6.92 Å². The first-order valence-electron chi connectivity index (χ1n) is 4.94. The molecular formula is C14H12O-. The molecule has 2 aromatic carbocycles. The summed E-state index contributed by atoms with van der Waals surface area (Å²) in [5.41, 5.74) is 2.54. The van der Waals surface area contributed by atoms with Gasteiger partial charge in [0.25, 0.3) is 0 Å². The van der Waals surface area contributed by atoms with Crippen LogP contribution in [0.4, 0.5) is 0 Å². The lowest BCUT2D eigenvalue weighted by Gasteiger charge is -2.24. The van der Waals surface area contributed by atoms with Gasteiger partial charge in [-0.3, -0.25) is 0 Å². The van der Waals surface area contributed by atoms with Crippen LogP contribution in [0.15, 0.2) is 54.6 Å². The van der Waals surface area contributed by atoms with E-state index in [1.54, 1.807) is 0 Å². The van der Waals surface area contributed by atoms with Gasteiger partial charge in [0.15, 0.2) is 0 Å². The van der Waals surface area contributed by atoms with Gasteiger partial charge in [-0.25, -0.2) is 0 Å². The Bertz CT molecular complexity index is 434. The molecule has 0 saturated heterocycles. The summed E-state index contributed by atoms with van der Waals surface area (Å²) in [6.07, 6.45) is 0.0914. The normalized spacial score (nSPS) is 10.6. The molecular weight excluding hydrogens is 184 g/mol. The number of hydrogen-bond acceptors (Lipinski definition) is 1. The monoisotopic (exact) mass is 196 g/mol. The molecule has 0 unspecified atom stereocenters. The SMILES string of the molecule is Cc1ccccc1[C]([O-])c1ccccc1. The maximum atomic E-state index is 12.1. The fraction of sp³-hybridized carbons (Fsp3) is 0.0714. The van der Waals surface area contributed by atoms with Gasteiger partial charge in [-0.05, 0) is 12.5 Å². The molecule has 0 fully saturated rings. The van der Waals surface area contributed by atoms with Crippen LogP contribution in [0.1, 0.15) is 16.7 Å². The molecule has 0 aliphatic rings. The molecule has 1 radical (unpaired) electrons. The summed E-state index contributed by atoms with van der Waals surface area (Å²) >= 11 is 0. The van der Waals surface area contributed by atoms with Gasteiger partial charge in [0.05, 0.1) is 0 Å². The summed E-state index contributed by atoms with van der Waals surface area (Å²) in [6.45, 7) is 1.95. The standard InChI is InChI=1S/C14H12O/c1-11-7-5-6-10-13(11)14(15)12-8-3-2-4-9-12/h2-10H,1H3/q-1. The second-order valence-corrected chi connectivity index (χ2v) is 3.51. The first kappa shape index (κ1) is 9.94. The van der Waals surface area contributed by atoms with Gasteiger partial charge in [0.2, 0.25) is 0 Å². The Kier molecular flexibility index (Phi) is 2.84. The van der Waals surface area contributed by atoms with E-state index in [0.717, 1.165) is 16.7 Å². The Labute approximate surface area is 90.0 Å². The third kappa shape index (κ3) is 2.08. The molecule has 0 spiro atoms. The minimum atomic E-state index is 0.0914. The highest BCUT2D eigenvalue weighted by molar-refractivity contribution is 5.44. The van der Waals surface area contributed by atoms with Crippen molar-refractivity contribution in [2.75, 3.05) is 0 Å². The maximum Gasteiger partial charge on any atom is -0.0395 e. The van der Waals surface area contributed by atoms with Crippen LogP contribution >= 0.6 is 0 Å². The molecule has 0 saturated carbocycles. The van der Waals surface area contributed by atoms with E-state index in [-0.39, 0.29) is 6.10 Å². The molecule has 2 aromatic rings. The summed E-state index contributed by atoms with van der Waals surface area (Å²) in [6, 6.07) is 17.0. The van der Waals surface area contributed by atoms with E-state index in [2.05, 4.69) is 0 Å². The van der Waals surface area contributed by atoms with Crippen molar-refractivity contribution < 1.29 is 5.11 Å². The molecule has 0 amide bonds. The Morgan fingerprint density at radius 1 is 0.867 bits per heavy atom. The van der Waals surface area contributed by atoms with E-state index in [1.807, 2.05) is 61.5 Å². The maximum absolute atomic E-state index is 12.1. The molecule has 0 aliphatic heterocycles. The molecule has 0 aromatic heterocycles. The second kappa shape index (κ2) is 4.28. The van der Waals surface area contributed by atoms with Gasteiger partial charge < -0.3 is 5.11 Å². The zero-order valence-corrected chi connectivity index (χ0v) is 8.60. The van der Waals surface area contributed by atoms with Gasteiger partial charge in [0.1, 0.15) is 0 Å². The molecule has 0 N–H and O–H groups in total. The molecule has 0 atom stereocenters. The minimum Gasteiger partial charge on any atom is -0.843 e. The lowest BCUT2D eigenvalue weighted by atomic mass is 9.98. The van der Waals surface area contributed by atoms with Crippen LogP contribution in [0, 0.1) is 13.0 Å². The molecule has 1 nitrogen and oxygen atoms in total. The number of benzene rings is 2. The van der Waals surface area contributed by atoms with Crippen molar-refractivity contribution in [1.29, 1.82) is 0 Å². The highest BCUT2D eigenvalue weighted by atomic mass is 16.3. The number of hydrogen-bond donors (Lipinski definition) is 0. The molecule has 0 bridgehead atoms. The summed E-state index contributed by atoms with van der Waals surface area (Å²) < 4.78 is 0. The third-order valence-corrected chi connectivity index (χ3v) is 2.43. The van der Waals surface area contributed by atoms with Crippen molar-refractivity contribution in [3.05, 3.63) is 77.4 Å². The zero-order valence-electron chi connectivity index (χ0n) is 8.60. The topological polar surface area (TPSA) is 23.1 Å². The first-order chi connectivity index (χ1) is 7.29. The zero-order chi connectivity index (χ0) is 10.7. The van der Waals surface area contributed by atoms with E-state index in [9.17, 15) is 5.11 Å². The smallest absolute Gasteiger partial charge is 0.0395 e. The lowest BCUT2D eigenvalue weighted by Crippen LogP contribution is -2.18. The van der Waals surface area contributed by atoms with Crippen LogP contribution in [-0.2, 0) is 0 Å². The van der Waals surface area contributed by atoms with Crippen molar-refractivity contribution in [3.8, 4) is 0 Å². The quantitative estimate of drug-likeness (QED) is 0.722. The van der Waals surface area contributed by atoms with E-state index in [4.69, 9.17) is 0 Å². The molecule has 0 heterocycles. The average molecular weight is 196 g/mol. The summed E-state index contributed by atoms with van der Waals surface area (Å²) in [7, 11) is 0. The summed E-state index contributed by atoms with van der Waals surface area (Å²) in [4.78, 5) is 0. The highest BCUT2D eigenvalue weighted by Gasteiger charge is 2.03. The van der Waals surface area contributed by atoms with Gasteiger partial charge in [-0.2, -0.15) is 0 Å². The van der Waals surface area contributed by atoms with Crippen molar-refractivity contribution >= 4 is 0 Å². The fourth-order valence-electron chi connectivity index (χ4n) is 1.57. The van der Waals surface area contributed by atoms with Gasteiger partial charge >= 0.3 is 0 Å². The van der Waals surface area contributed by atoms with Crippen LogP contribution in [0.5, 0.6) is 0 Å². The lowest BCUT2D eigenvalue weighted by molar-refractivity contribution is -0.333. The molecule has 1 heteroatoms. The largest absolute Gasteiger partial charge is 0.843 e.